The van der Waals surface area contributed by atoms with Crippen molar-refractivity contribution in [2.45, 2.75) is 44.0 Å². The van der Waals surface area contributed by atoms with E-state index in [4.69, 9.17) is 0 Å². The van der Waals surface area contributed by atoms with Gasteiger partial charge in [0.1, 0.15) is 0 Å². The fourth-order valence-corrected chi connectivity index (χ4v) is 5.77. The van der Waals surface area contributed by atoms with Crippen molar-refractivity contribution in [2.75, 3.05) is 58.3 Å². The van der Waals surface area contributed by atoms with Crippen LogP contribution in [0.1, 0.15) is 54.1 Å². The van der Waals surface area contributed by atoms with Gasteiger partial charge >= 0.3 is 0 Å². The maximum absolute atomic E-state index is 13.7. The molecule has 2 saturated heterocycles. The molecule has 0 aromatic heterocycles. The summed E-state index contributed by atoms with van der Waals surface area (Å²) in [6.07, 6.45) is 2.17. The molecule has 4 rings (SSSR count). The van der Waals surface area contributed by atoms with Gasteiger partial charge in [0.05, 0.1) is 10.5 Å². The molecule has 0 unspecified atom stereocenters. The summed E-state index contributed by atoms with van der Waals surface area (Å²) in [5, 5.41) is 0. The lowest BCUT2D eigenvalue weighted by molar-refractivity contribution is 0.0629. The summed E-state index contributed by atoms with van der Waals surface area (Å²) in [6, 6.07) is 13.8. The molecule has 1 amide bonds. The Morgan fingerprint density at radius 3 is 2.11 bits per heavy atom. The van der Waals surface area contributed by atoms with E-state index < -0.39 is 10.0 Å². The Hall–Kier alpha value is -2.42. The Kier molecular flexibility index (Phi) is 7.83. The highest BCUT2D eigenvalue weighted by Crippen LogP contribution is 2.29. The molecule has 0 bridgehead atoms. The van der Waals surface area contributed by atoms with Crippen molar-refractivity contribution in [1.82, 2.24) is 14.1 Å². The van der Waals surface area contributed by atoms with Gasteiger partial charge in [0.15, 0.2) is 0 Å². The van der Waals surface area contributed by atoms with E-state index in [0.717, 1.165) is 51.3 Å². The first-order valence-corrected chi connectivity index (χ1v) is 14.0. The summed E-state index contributed by atoms with van der Waals surface area (Å²) in [7, 11) is -0.591. The lowest BCUT2D eigenvalue weighted by Crippen LogP contribution is -2.48. The first-order valence-electron chi connectivity index (χ1n) is 12.6. The summed E-state index contributed by atoms with van der Waals surface area (Å²) in [6.45, 7) is 9.92. The maximum Gasteiger partial charge on any atom is 0.256 e. The van der Waals surface area contributed by atoms with Crippen LogP contribution in [0.3, 0.4) is 0 Å². The molecule has 2 aliphatic heterocycles. The zero-order valence-corrected chi connectivity index (χ0v) is 22.2. The van der Waals surface area contributed by atoms with E-state index in [1.54, 1.807) is 12.1 Å². The van der Waals surface area contributed by atoms with Crippen LogP contribution in [0.15, 0.2) is 47.4 Å². The third-order valence-corrected chi connectivity index (χ3v) is 8.95. The molecule has 2 fully saturated rings. The number of carbonyl (C=O) groups excluding carboxylic acids is 1. The Bertz CT molecular complexity index is 1130. The summed E-state index contributed by atoms with van der Waals surface area (Å²) >= 11 is 0. The predicted octanol–water partition coefficient (Wildman–Crippen LogP) is 3.62. The molecule has 0 atom stereocenters. The largest absolute Gasteiger partial charge is 0.371 e. The van der Waals surface area contributed by atoms with Crippen molar-refractivity contribution in [1.29, 1.82) is 0 Å². The molecule has 2 aliphatic rings. The third kappa shape index (κ3) is 5.71. The first-order chi connectivity index (χ1) is 16.7. The van der Waals surface area contributed by atoms with Crippen LogP contribution in [0.4, 0.5) is 5.69 Å². The van der Waals surface area contributed by atoms with Gasteiger partial charge in [0, 0.05) is 65.6 Å². The van der Waals surface area contributed by atoms with Gasteiger partial charge in [0.25, 0.3) is 5.91 Å². The number of benzene rings is 2. The van der Waals surface area contributed by atoms with Crippen molar-refractivity contribution in [2.24, 2.45) is 0 Å². The number of piperazine rings is 1. The lowest BCUT2D eigenvalue weighted by atomic mass is 10.0. The van der Waals surface area contributed by atoms with E-state index in [9.17, 15) is 13.2 Å². The number of hydrogen-bond acceptors (Lipinski definition) is 5. The van der Waals surface area contributed by atoms with Crippen molar-refractivity contribution in [3.63, 3.8) is 0 Å². The second-order valence-corrected chi connectivity index (χ2v) is 12.3. The molecular weight excluding hydrogens is 460 g/mol. The molecule has 0 N–H and O–H groups in total. The van der Waals surface area contributed by atoms with Gasteiger partial charge < -0.3 is 9.80 Å². The minimum Gasteiger partial charge on any atom is -0.371 e. The molecule has 2 heterocycles. The molecule has 2 aromatic rings. The topological polar surface area (TPSA) is 64.2 Å². The standard InChI is InChI=1S/C27H38N4O3S/c1-21(2)23-9-7-22(8-10-23)20-29-15-17-31(18-16-29)27(32)25-19-24(35(33,34)28(3)4)11-12-26(25)30-13-5-6-14-30/h7-12,19,21H,5-6,13-18,20H2,1-4H3. The van der Waals surface area contributed by atoms with Crippen LogP contribution >= 0.6 is 0 Å². The van der Waals surface area contributed by atoms with Crippen LogP contribution in [0.25, 0.3) is 0 Å². The maximum atomic E-state index is 13.7. The molecule has 0 radical (unpaired) electrons. The smallest absolute Gasteiger partial charge is 0.256 e. The lowest BCUT2D eigenvalue weighted by Gasteiger charge is -2.35. The van der Waals surface area contributed by atoms with Crippen LogP contribution in [-0.2, 0) is 16.6 Å². The van der Waals surface area contributed by atoms with Crippen molar-refractivity contribution in [3.8, 4) is 0 Å². The zero-order valence-electron chi connectivity index (χ0n) is 21.4. The highest BCUT2D eigenvalue weighted by Gasteiger charge is 2.28. The quantitative estimate of drug-likeness (QED) is 0.584. The van der Waals surface area contributed by atoms with Gasteiger partial charge in [-0.15, -0.1) is 0 Å². The molecule has 0 aliphatic carbocycles. The molecule has 2 aromatic carbocycles. The second-order valence-electron chi connectivity index (χ2n) is 10.1. The van der Waals surface area contributed by atoms with E-state index in [1.165, 1.54) is 29.5 Å². The predicted molar refractivity (Wildman–Crippen MR) is 140 cm³/mol. The van der Waals surface area contributed by atoms with Gasteiger partial charge in [-0.05, 0) is 48.1 Å². The van der Waals surface area contributed by atoms with E-state index in [0.29, 0.717) is 24.6 Å². The number of nitrogens with zero attached hydrogens (tertiary/aromatic N) is 4. The number of hydrogen-bond donors (Lipinski definition) is 0. The third-order valence-electron chi connectivity index (χ3n) is 7.14. The number of amides is 1. The molecule has 35 heavy (non-hydrogen) atoms. The van der Waals surface area contributed by atoms with E-state index in [-0.39, 0.29) is 10.8 Å². The zero-order chi connectivity index (χ0) is 25.2. The van der Waals surface area contributed by atoms with Crippen LogP contribution in [0, 0.1) is 0 Å². The Morgan fingerprint density at radius 2 is 1.54 bits per heavy atom. The van der Waals surface area contributed by atoms with Gasteiger partial charge in [0.2, 0.25) is 10.0 Å². The van der Waals surface area contributed by atoms with Crippen molar-refractivity contribution < 1.29 is 13.2 Å². The van der Waals surface area contributed by atoms with E-state index >= 15 is 0 Å². The van der Waals surface area contributed by atoms with Crippen molar-refractivity contribution >= 4 is 21.6 Å². The Labute approximate surface area is 210 Å². The van der Waals surface area contributed by atoms with Gasteiger partial charge in [-0.1, -0.05) is 38.1 Å². The van der Waals surface area contributed by atoms with E-state index in [1.807, 2.05) is 11.0 Å². The highest BCUT2D eigenvalue weighted by atomic mass is 32.2. The van der Waals surface area contributed by atoms with Crippen LogP contribution in [0.5, 0.6) is 0 Å². The van der Waals surface area contributed by atoms with Gasteiger partial charge in [-0.3, -0.25) is 9.69 Å². The summed E-state index contributed by atoms with van der Waals surface area (Å²) in [5.74, 6) is 0.443. The highest BCUT2D eigenvalue weighted by molar-refractivity contribution is 7.89. The Balaban J connectivity index is 1.48. The Morgan fingerprint density at radius 1 is 0.914 bits per heavy atom. The molecular formula is C27H38N4O3S. The van der Waals surface area contributed by atoms with E-state index in [2.05, 4.69) is 47.9 Å². The number of anilines is 1. The summed E-state index contributed by atoms with van der Waals surface area (Å²) in [4.78, 5) is 20.3. The minimum absolute atomic E-state index is 0.0800. The van der Waals surface area contributed by atoms with Gasteiger partial charge in [-0.2, -0.15) is 0 Å². The minimum atomic E-state index is -3.62. The number of sulfonamides is 1. The van der Waals surface area contributed by atoms with Gasteiger partial charge in [-0.25, -0.2) is 12.7 Å². The monoisotopic (exact) mass is 498 g/mol. The molecule has 190 valence electrons. The fraction of sp³-hybridized carbons (Fsp3) is 0.519. The molecule has 0 spiro atoms. The van der Waals surface area contributed by atoms with Crippen LogP contribution < -0.4 is 4.90 Å². The molecule has 8 heteroatoms. The normalized spacial score (nSPS) is 17.5. The SMILES string of the molecule is CC(C)c1ccc(CN2CCN(C(=O)c3cc(S(=O)(=O)N(C)C)ccc3N3CCCC3)CC2)cc1. The second kappa shape index (κ2) is 10.7. The van der Waals surface area contributed by atoms with Crippen LogP contribution in [-0.4, -0.2) is 81.8 Å². The number of rotatable bonds is 7. The first kappa shape index (κ1) is 25.7. The average Bonchev–Trinajstić information content (AvgIpc) is 3.39. The van der Waals surface area contributed by atoms with Crippen molar-refractivity contribution in [3.05, 3.63) is 59.2 Å². The number of carbonyl (C=O) groups is 1. The summed E-state index contributed by atoms with van der Waals surface area (Å²) in [5.41, 5.74) is 3.97. The van der Waals surface area contributed by atoms with Crippen LogP contribution in [0.2, 0.25) is 0 Å². The summed E-state index contributed by atoms with van der Waals surface area (Å²) < 4.78 is 26.7. The fourth-order valence-electron chi connectivity index (χ4n) is 4.84. The average molecular weight is 499 g/mol. The molecule has 7 nitrogen and oxygen atoms in total. The molecule has 0 saturated carbocycles.